The van der Waals surface area contributed by atoms with Crippen molar-refractivity contribution in [2.45, 2.75) is 13.5 Å². The van der Waals surface area contributed by atoms with Gasteiger partial charge in [0.05, 0.1) is 5.69 Å². The van der Waals surface area contributed by atoms with Gasteiger partial charge in [-0.1, -0.05) is 0 Å². The quantitative estimate of drug-likeness (QED) is 0.903. The number of hydrogen-bond donors (Lipinski definition) is 1. The lowest BCUT2D eigenvalue weighted by molar-refractivity contribution is 0.0657. The van der Waals surface area contributed by atoms with Crippen molar-refractivity contribution in [1.29, 1.82) is 0 Å². The lowest BCUT2D eigenvalue weighted by Crippen LogP contribution is -1.96. The number of carboxylic acid groups (broad SMARTS) is 1. The number of aromatic carboxylic acids is 1. The average molecular weight is 251 g/mol. The molecule has 0 unspecified atom stereocenters. The van der Waals surface area contributed by atoms with Crippen molar-refractivity contribution in [2.24, 2.45) is 0 Å². The van der Waals surface area contributed by atoms with Gasteiger partial charge in [0.2, 0.25) is 11.7 Å². The van der Waals surface area contributed by atoms with Gasteiger partial charge in [0.1, 0.15) is 11.6 Å². The summed E-state index contributed by atoms with van der Waals surface area (Å²) in [4.78, 5) is 14.6. The number of carboxylic acids is 1. The van der Waals surface area contributed by atoms with Crippen molar-refractivity contribution in [3.05, 3.63) is 47.4 Å². The molecule has 94 valence electrons. The summed E-state index contributed by atoms with van der Waals surface area (Å²) < 4.78 is 22.9. The number of aromatic nitrogens is 1. The monoisotopic (exact) mass is 251 g/mol. The first-order valence-corrected chi connectivity index (χ1v) is 5.14. The first-order chi connectivity index (χ1) is 8.56. The van der Waals surface area contributed by atoms with Crippen molar-refractivity contribution in [2.75, 3.05) is 0 Å². The van der Waals surface area contributed by atoms with Gasteiger partial charge < -0.3 is 14.3 Å². The van der Waals surface area contributed by atoms with E-state index in [2.05, 4.69) is 4.98 Å². The number of benzene rings is 1. The molecular weight excluding hydrogens is 241 g/mol. The summed E-state index contributed by atoms with van der Waals surface area (Å²) in [6.07, 6.45) is 0. The highest BCUT2D eigenvalue weighted by Crippen LogP contribution is 2.15. The molecule has 0 aliphatic carbocycles. The first kappa shape index (κ1) is 12.1. The van der Waals surface area contributed by atoms with Crippen LogP contribution >= 0.6 is 0 Å². The molecule has 2 aromatic rings. The van der Waals surface area contributed by atoms with Gasteiger partial charge in [-0.3, -0.25) is 0 Å². The summed E-state index contributed by atoms with van der Waals surface area (Å²) in [6, 6.07) is 5.45. The number of aryl methyl sites for hydroxylation is 1. The molecule has 1 aromatic heterocycles. The van der Waals surface area contributed by atoms with Gasteiger partial charge in [0.15, 0.2) is 6.61 Å². The third-order valence-electron chi connectivity index (χ3n) is 2.21. The molecule has 0 aliphatic heterocycles. The molecule has 1 N–H and O–H groups in total. The van der Waals surface area contributed by atoms with Crippen LogP contribution in [0.5, 0.6) is 5.75 Å². The summed E-state index contributed by atoms with van der Waals surface area (Å²) in [5.41, 5.74) is 0.292. The predicted octanol–water partition coefficient (Wildman–Crippen LogP) is 2.40. The Kier molecular flexibility index (Phi) is 3.27. The second kappa shape index (κ2) is 4.87. The molecule has 0 spiro atoms. The molecule has 0 saturated carbocycles. The van der Waals surface area contributed by atoms with Crippen LogP contribution in [0.2, 0.25) is 0 Å². The summed E-state index contributed by atoms with van der Waals surface area (Å²) in [7, 11) is 0. The molecule has 2 rings (SSSR count). The fourth-order valence-electron chi connectivity index (χ4n) is 1.39. The van der Waals surface area contributed by atoms with Gasteiger partial charge in [-0.15, -0.1) is 0 Å². The maximum Gasteiger partial charge on any atom is 0.373 e. The van der Waals surface area contributed by atoms with Gasteiger partial charge in [0, 0.05) is 0 Å². The number of rotatable bonds is 4. The molecule has 0 aliphatic rings. The van der Waals surface area contributed by atoms with E-state index in [4.69, 9.17) is 14.3 Å². The fraction of sp³-hybridized carbons (Fsp3) is 0.167. The Labute approximate surface area is 102 Å². The highest BCUT2D eigenvalue weighted by atomic mass is 19.1. The molecule has 1 heterocycles. The topological polar surface area (TPSA) is 72.6 Å². The van der Waals surface area contributed by atoms with Crippen molar-refractivity contribution >= 4 is 5.97 Å². The number of ether oxygens (including phenoxy) is 1. The molecule has 0 atom stereocenters. The Morgan fingerprint density at radius 1 is 1.44 bits per heavy atom. The van der Waals surface area contributed by atoms with E-state index in [-0.39, 0.29) is 24.1 Å². The van der Waals surface area contributed by atoms with Gasteiger partial charge >= 0.3 is 5.97 Å². The van der Waals surface area contributed by atoms with Crippen LogP contribution in [0.3, 0.4) is 0 Å². The second-order valence-corrected chi connectivity index (χ2v) is 3.57. The Balaban J connectivity index is 2.04. The zero-order chi connectivity index (χ0) is 13.1. The lowest BCUT2D eigenvalue weighted by Gasteiger charge is -2.02. The van der Waals surface area contributed by atoms with Gasteiger partial charge in [0.25, 0.3) is 0 Å². The highest BCUT2D eigenvalue weighted by molar-refractivity contribution is 5.85. The normalized spacial score (nSPS) is 10.3. The molecule has 1 aromatic carbocycles. The van der Waals surface area contributed by atoms with E-state index in [1.165, 1.54) is 31.2 Å². The molecule has 0 radical (unpaired) electrons. The van der Waals surface area contributed by atoms with E-state index in [9.17, 15) is 9.18 Å². The zero-order valence-electron chi connectivity index (χ0n) is 9.51. The lowest BCUT2D eigenvalue weighted by atomic mass is 10.3. The largest absolute Gasteiger partial charge is 0.484 e. The summed E-state index contributed by atoms with van der Waals surface area (Å²) in [6.45, 7) is 1.52. The predicted molar refractivity (Wildman–Crippen MR) is 58.9 cm³/mol. The highest BCUT2D eigenvalue weighted by Gasteiger charge is 2.16. The first-order valence-electron chi connectivity index (χ1n) is 5.14. The van der Waals surface area contributed by atoms with Gasteiger partial charge in [-0.25, -0.2) is 14.2 Å². The minimum absolute atomic E-state index is 0.0141. The molecule has 18 heavy (non-hydrogen) atoms. The third-order valence-corrected chi connectivity index (χ3v) is 2.21. The zero-order valence-corrected chi connectivity index (χ0v) is 9.51. The maximum absolute atomic E-state index is 12.6. The molecule has 0 fully saturated rings. The number of halogens is 1. The van der Waals surface area contributed by atoms with Crippen molar-refractivity contribution in [3.63, 3.8) is 0 Å². The Hall–Kier alpha value is -2.37. The van der Waals surface area contributed by atoms with Crippen molar-refractivity contribution in [1.82, 2.24) is 4.98 Å². The van der Waals surface area contributed by atoms with E-state index in [1.54, 1.807) is 0 Å². The van der Waals surface area contributed by atoms with Crippen LogP contribution in [0.4, 0.5) is 4.39 Å². The smallest absolute Gasteiger partial charge is 0.373 e. The van der Waals surface area contributed by atoms with E-state index >= 15 is 0 Å². The van der Waals surface area contributed by atoms with Crippen LogP contribution in [0.25, 0.3) is 0 Å². The number of carbonyl (C=O) groups is 1. The summed E-state index contributed by atoms with van der Waals surface area (Å²) >= 11 is 0. The van der Waals surface area contributed by atoms with Crippen LogP contribution in [0, 0.1) is 12.7 Å². The van der Waals surface area contributed by atoms with E-state index in [0.29, 0.717) is 11.4 Å². The van der Waals surface area contributed by atoms with Crippen molar-refractivity contribution < 1.29 is 23.4 Å². The maximum atomic E-state index is 12.6. The Morgan fingerprint density at radius 2 is 2.11 bits per heavy atom. The molecular formula is C12H10FNO4. The van der Waals surface area contributed by atoms with E-state index in [0.717, 1.165) is 0 Å². The van der Waals surface area contributed by atoms with Crippen LogP contribution < -0.4 is 4.74 Å². The Morgan fingerprint density at radius 3 is 2.67 bits per heavy atom. The van der Waals surface area contributed by atoms with Gasteiger partial charge in [-0.2, -0.15) is 0 Å². The molecule has 0 amide bonds. The molecule has 0 bridgehead atoms. The second-order valence-electron chi connectivity index (χ2n) is 3.57. The van der Waals surface area contributed by atoms with Crippen LogP contribution in [0.15, 0.2) is 28.7 Å². The molecule has 5 nitrogen and oxygen atoms in total. The fourth-order valence-corrected chi connectivity index (χ4v) is 1.39. The molecule has 6 heteroatoms. The third kappa shape index (κ3) is 2.65. The van der Waals surface area contributed by atoms with E-state index in [1.807, 2.05) is 0 Å². The molecule has 0 saturated heterocycles. The average Bonchev–Trinajstić information content (AvgIpc) is 2.70. The summed E-state index contributed by atoms with van der Waals surface area (Å²) in [5.74, 6) is -1.12. The Bertz CT molecular complexity index is 562. The van der Waals surface area contributed by atoms with Crippen molar-refractivity contribution in [3.8, 4) is 5.75 Å². The van der Waals surface area contributed by atoms with Crippen LogP contribution in [-0.4, -0.2) is 16.1 Å². The number of hydrogen-bond acceptors (Lipinski definition) is 4. The van der Waals surface area contributed by atoms with Gasteiger partial charge in [-0.05, 0) is 31.2 Å². The standard InChI is InChI=1S/C12H10FNO4/c1-7-11(12(15)16)18-10(14-7)6-17-9-4-2-8(13)3-5-9/h2-5H,6H2,1H3,(H,15,16). The summed E-state index contributed by atoms with van der Waals surface area (Å²) in [5, 5.41) is 8.78. The van der Waals surface area contributed by atoms with E-state index < -0.39 is 5.97 Å². The number of nitrogens with zero attached hydrogens (tertiary/aromatic N) is 1. The number of oxazole rings is 1. The van der Waals surface area contributed by atoms with Crippen LogP contribution in [0.1, 0.15) is 22.1 Å². The minimum atomic E-state index is -1.17. The SMILES string of the molecule is Cc1nc(COc2ccc(F)cc2)oc1C(=O)O. The van der Waals surface area contributed by atoms with Crippen LogP contribution in [-0.2, 0) is 6.61 Å². The minimum Gasteiger partial charge on any atom is -0.484 e.